The minimum atomic E-state index is -0.557. The number of esters is 2. The largest absolute Gasteiger partial charge is 0.459 e. The predicted molar refractivity (Wildman–Crippen MR) is 93.5 cm³/mol. The first-order valence-corrected chi connectivity index (χ1v) is 9.51. The van der Waals surface area contributed by atoms with E-state index in [1.165, 1.54) is 18.9 Å². The molecule has 0 aromatic carbocycles. The molecule has 0 aromatic heterocycles. The summed E-state index contributed by atoms with van der Waals surface area (Å²) in [5.74, 6) is -0.629. The SMILES string of the molecule is CC(C)(C)OC(=O)C(=CC(=O)OC1CCCCC1)C1CCCCC1. The van der Waals surface area contributed by atoms with Crippen molar-refractivity contribution in [3.8, 4) is 0 Å². The van der Waals surface area contributed by atoms with Gasteiger partial charge in [-0.15, -0.1) is 0 Å². The minimum absolute atomic E-state index is 0.00809. The predicted octanol–water partition coefficient (Wildman–Crippen LogP) is 4.71. The molecule has 0 saturated heterocycles. The van der Waals surface area contributed by atoms with Crippen molar-refractivity contribution in [1.82, 2.24) is 0 Å². The van der Waals surface area contributed by atoms with Gasteiger partial charge in [-0.25, -0.2) is 9.59 Å². The second kappa shape index (κ2) is 8.68. The van der Waals surface area contributed by atoms with Crippen molar-refractivity contribution in [2.45, 2.75) is 96.7 Å². The average molecular weight is 336 g/mol. The Morgan fingerprint density at radius 2 is 1.42 bits per heavy atom. The molecule has 0 N–H and O–H groups in total. The molecule has 0 heterocycles. The maximum absolute atomic E-state index is 12.6. The summed E-state index contributed by atoms with van der Waals surface area (Å²) in [6, 6.07) is 0. The van der Waals surface area contributed by atoms with E-state index in [9.17, 15) is 9.59 Å². The van der Waals surface area contributed by atoms with Crippen molar-refractivity contribution >= 4 is 11.9 Å². The monoisotopic (exact) mass is 336 g/mol. The van der Waals surface area contributed by atoms with Crippen LogP contribution >= 0.6 is 0 Å². The quantitative estimate of drug-likeness (QED) is 0.551. The smallest absolute Gasteiger partial charge is 0.335 e. The lowest BCUT2D eigenvalue weighted by Crippen LogP contribution is -2.29. The maximum atomic E-state index is 12.6. The van der Waals surface area contributed by atoms with Crippen LogP contribution in [0.15, 0.2) is 11.6 Å². The van der Waals surface area contributed by atoms with E-state index in [0.29, 0.717) is 5.57 Å². The first kappa shape index (κ1) is 19.0. The molecule has 2 fully saturated rings. The van der Waals surface area contributed by atoms with Gasteiger partial charge in [0.15, 0.2) is 0 Å². The lowest BCUT2D eigenvalue weighted by atomic mass is 9.83. The summed E-state index contributed by atoms with van der Waals surface area (Å²) in [7, 11) is 0. The van der Waals surface area contributed by atoms with Gasteiger partial charge in [-0.1, -0.05) is 25.7 Å². The lowest BCUT2D eigenvalue weighted by molar-refractivity contribution is -0.152. The van der Waals surface area contributed by atoms with Gasteiger partial charge in [0.1, 0.15) is 11.7 Å². The van der Waals surface area contributed by atoms with Crippen molar-refractivity contribution in [2.24, 2.45) is 5.92 Å². The van der Waals surface area contributed by atoms with Gasteiger partial charge in [0.2, 0.25) is 0 Å². The molecule has 136 valence electrons. The molecule has 2 aliphatic carbocycles. The van der Waals surface area contributed by atoms with Crippen LogP contribution in [0.4, 0.5) is 0 Å². The number of ether oxygens (including phenoxy) is 2. The van der Waals surface area contributed by atoms with Gasteiger partial charge in [-0.2, -0.15) is 0 Å². The van der Waals surface area contributed by atoms with Crippen molar-refractivity contribution in [3.05, 3.63) is 11.6 Å². The summed E-state index contributed by atoms with van der Waals surface area (Å²) >= 11 is 0. The van der Waals surface area contributed by atoms with Gasteiger partial charge in [0, 0.05) is 11.6 Å². The molecule has 0 unspecified atom stereocenters. The number of rotatable bonds is 4. The number of hydrogen-bond acceptors (Lipinski definition) is 4. The third-order valence-electron chi connectivity index (χ3n) is 4.79. The number of hydrogen-bond donors (Lipinski definition) is 0. The molecule has 0 spiro atoms. The highest BCUT2D eigenvalue weighted by Crippen LogP contribution is 2.31. The van der Waals surface area contributed by atoms with Crippen molar-refractivity contribution in [2.75, 3.05) is 0 Å². The van der Waals surface area contributed by atoms with Gasteiger partial charge < -0.3 is 9.47 Å². The molecule has 24 heavy (non-hydrogen) atoms. The van der Waals surface area contributed by atoms with Crippen LogP contribution in [0, 0.1) is 5.92 Å². The van der Waals surface area contributed by atoms with Crippen LogP contribution in [0.5, 0.6) is 0 Å². The normalized spacial score (nSPS) is 21.4. The standard InChI is InChI=1S/C20H32O4/c1-20(2,3)24-19(22)17(15-10-6-4-7-11-15)14-18(21)23-16-12-8-5-9-13-16/h14-16H,4-13H2,1-3H3. The van der Waals surface area contributed by atoms with Crippen LogP contribution in [0.1, 0.15) is 85.0 Å². The number of carbonyl (C=O) groups is 2. The van der Waals surface area contributed by atoms with E-state index in [1.54, 1.807) is 0 Å². The van der Waals surface area contributed by atoms with Gasteiger partial charge in [-0.05, 0) is 65.2 Å². The molecular formula is C20H32O4. The highest BCUT2D eigenvalue weighted by molar-refractivity contribution is 5.97. The zero-order chi connectivity index (χ0) is 17.6. The fourth-order valence-corrected chi connectivity index (χ4v) is 3.60. The van der Waals surface area contributed by atoms with Crippen LogP contribution in [-0.4, -0.2) is 23.6 Å². The first-order chi connectivity index (χ1) is 11.3. The Morgan fingerprint density at radius 3 is 1.96 bits per heavy atom. The summed E-state index contributed by atoms with van der Waals surface area (Å²) in [6.07, 6.45) is 12.0. The molecule has 2 saturated carbocycles. The number of carbonyl (C=O) groups excluding carboxylic acids is 2. The van der Waals surface area contributed by atoms with Crippen molar-refractivity contribution in [3.63, 3.8) is 0 Å². The third-order valence-corrected chi connectivity index (χ3v) is 4.79. The van der Waals surface area contributed by atoms with Crippen LogP contribution in [0.2, 0.25) is 0 Å². The molecular weight excluding hydrogens is 304 g/mol. The maximum Gasteiger partial charge on any atom is 0.335 e. The molecule has 0 radical (unpaired) electrons. The third kappa shape index (κ3) is 6.29. The molecule has 0 bridgehead atoms. The van der Waals surface area contributed by atoms with Crippen molar-refractivity contribution in [1.29, 1.82) is 0 Å². The fourth-order valence-electron chi connectivity index (χ4n) is 3.60. The van der Waals surface area contributed by atoms with Crippen LogP contribution in [-0.2, 0) is 19.1 Å². The zero-order valence-electron chi connectivity index (χ0n) is 15.4. The Bertz CT molecular complexity index is 461. The summed E-state index contributed by atoms with van der Waals surface area (Å²) in [4.78, 5) is 24.9. The fraction of sp³-hybridized carbons (Fsp3) is 0.800. The Kier molecular flexibility index (Phi) is 6.88. The summed E-state index contributed by atoms with van der Waals surface area (Å²) in [6.45, 7) is 5.55. The van der Waals surface area contributed by atoms with E-state index >= 15 is 0 Å². The summed E-state index contributed by atoms with van der Waals surface area (Å²) in [5, 5.41) is 0. The van der Waals surface area contributed by atoms with Crippen LogP contribution in [0.3, 0.4) is 0 Å². The highest BCUT2D eigenvalue weighted by Gasteiger charge is 2.29. The van der Waals surface area contributed by atoms with E-state index in [-0.39, 0.29) is 24.0 Å². The second-order valence-corrected chi connectivity index (χ2v) is 8.13. The topological polar surface area (TPSA) is 52.6 Å². The highest BCUT2D eigenvalue weighted by atomic mass is 16.6. The Balaban J connectivity index is 2.07. The molecule has 2 aliphatic rings. The Labute approximate surface area is 146 Å². The Hall–Kier alpha value is -1.32. The van der Waals surface area contributed by atoms with Gasteiger partial charge in [-0.3, -0.25) is 0 Å². The average Bonchev–Trinajstić information content (AvgIpc) is 2.52. The second-order valence-electron chi connectivity index (χ2n) is 8.13. The van der Waals surface area contributed by atoms with E-state index in [0.717, 1.165) is 51.4 Å². The molecule has 4 heteroatoms. The molecule has 0 aromatic rings. The summed E-state index contributed by atoms with van der Waals surface area (Å²) < 4.78 is 11.1. The lowest BCUT2D eigenvalue weighted by Gasteiger charge is -2.27. The zero-order valence-corrected chi connectivity index (χ0v) is 15.4. The Morgan fingerprint density at radius 1 is 0.875 bits per heavy atom. The summed E-state index contributed by atoms with van der Waals surface area (Å²) in [5.41, 5.74) is -0.0524. The first-order valence-electron chi connectivity index (χ1n) is 9.51. The minimum Gasteiger partial charge on any atom is -0.459 e. The van der Waals surface area contributed by atoms with Crippen LogP contribution in [0.25, 0.3) is 0 Å². The van der Waals surface area contributed by atoms with E-state index in [1.807, 2.05) is 20.8 Å². The molecule has 0 aliphatic heterocycles. The molecule has 0 atom stereocenters. The van der Waals surface area contributed by atoms with Gasteiger partial charge >= 0.3 is 11.9 Å². The van der Waals surface area contributed by atoms with Crippen LogP contribution < -0.4 is 0 Å². The van der Waals surface area contributed by atoms with Gasteiger partial charge in [0.25, 0.3) is 0 Å². The van der Waals surface area contributed by atoms with E-state index in [2.05, 4.69) is 0 Å². The van der Waals surface area contributed by atoms with E-state index < -0.39 is 5.60 Å². The molecule has 4 nitrogen and oxygen atoms in total. The van der Waals surface area contributed by atoms with E-state index in [4.69, 9.17) is 9.47 Å². The molecule has 2 rings (SSSR count). The van der Waals surface area contributed by atoms with Crippen molar-refractivity contribution < 1.29 is 19.1 Å². The van der Waals surface area contributed by atoms with Gasteiger partial charge in [0.05, 0.1) is 0 Å². The molecule has 0 amide bonds.